The van der Waals surface area contributed by atoms with Gasteiger partial charge in [-0.05, 0) is 35.9 Å². The zero-order valence-electron chi connectivity index (χ0n) is 13.8. The van der Waals surface area contributed by atoms with Gasteiger partial charge in [0.2, 0.25) is 0 Å². The van der Waals surface area contributed by atoms with Crippen molar-refractivity contribution in [1.82, 2.24) is 4.98 Å². The van der Waals surface area contributed by atoms with Crippen LogP contribution in [0, 0.1) is 0 Å². The number of para-hydroxylation sites is 1. The first kappa shape index (κ1) is 17.6. The number of benzene rings is 2. The van der Waals surface area contributed by atoms with Crippen molar-refractivity contribution in [1.29, 1.82) is 0 Å². The van der Waals surface area contributed by atoms with Crippen molar-refractivity contribution in [3.8, 4) is 5.19 Å². The van der Waals surface area contributed by atoms with Crippen LogP contribution in [0.4, 0.5) is 0 Å². The van der Waals surface area contributed by atoms with Crippen molar-refractivity contribution in [3.63, 3.8) is 0 Å². The van der Waals surface area contributed by atoms with E-state index < -0.39 is 11.9 Å². The van der Waals surface area contributed by atoms with Crippen LogP contribution in [0.3, 0.4) is 0 Å². The van der Waals surface area contributed by atoms with Gasteiger partial charge in [0.1, 0.15) is 6.61 Å². The summed E-state index contributed by atoms with van der Waals surface area (Å²) in [7, 11) is 1.30. The Labute approximate surface area is 153 Å². The van der Waals surface area contributed by atoms with E-state index in [0.29, 0.717) is 16.3 Å². The van der Waals surface area contributed by atoms with Crippen molar-refractivity contribution in [2.45, 2.75) is 0 Å². The maximum absolute atomic E-state index is 11.5. The highest BCUT2D eigenvalue weighted by atomic mass is 32.1. The Balaban J connectivity index is 1.75. The summed E-state index contributed by atoms with van der Waals surface area (Å²) in [5.74, 6) is -1.53. The van der Waals surface area contributed by atoms with E-state index in [1.807, 2.05) is 24.3 Å². The third-order valence-electron chi connectivity index (χ3n) is 3.57. The number of carbonyl (C=O) groups is 2. The molecule has 0 saturated heterocycles. The molecule has 0 amide bonds. The molecule has 3 rings (SSSR count). The average molecular weight is 369 g/mol. The van der Waals surface area contributed by atoms with Crippen LogP contribution < -0.4 is 4.74 Å². The molecule has 0 aliphatic rings. The number of ether oxygens (including phenoxy) is 2. The van der Waals surface area contributed by atoms with Gasteiger partial charge in [0.15, 0.2) is 0 Å². The molecule has 1 heterocycles. The number of carbonyl (C=O) groups excluding carboxylic acids is 1. The largest absolute Gasteiger partial charge is 0.478 e. The lowest BCUT2D eigenvalue weighted by Gasteiger charge is -2.04. The van der Waals surface area contributed by atoms with E-state index in [1.54, 1.807) is 24.3 Å². The highest BCUT2D eigenvalue weighted by molar-refractivity contribution is 7.20. The van der Waals surface area contributed by atoms with Crippen LogP contribution >= 0.6 is 11.3 Å². The summed E-state index contributed by atoms with van der Waals surface area (Å²) in [6.45, 7) is -0.117. The van der Waals surface area contributed by atoms with Crippen LogP contribution in [0.2, 0.25) is 0 Å². The summed E-state index contributed by atoms with van der Waals surface area (Å²) < 4.78 is 11.2. The molecule has 1 N–H and O–H groups in total. The number of rotatable bonds is 6. The Morgan fingerprint density at radius 3 is 2.54 bits per heavy atom. The number of hydrogen-bond donors (Lipinski definition) is 1. The smallest absolute Gasteiger partial charge is 0.337 e. The third-order valence-corrected chi connectivity index (χ3v) is 4.52. The summed E-state index contributed by atoms with van der Waals surface area (Å²) in [4.78, 5) is 27.2. The van der Waals surface area contributed by atoms with Crippen molar-refractivity contribution >= 4 is 39.6 Å². The molecule has 0 bridgehead atoms. The molecular weight excluding hydrogens is 354 g/mol. The van der Waals surface area contributed by atoms with Crippen LogP contribution in [0.25, 0.3) is 16.3 Å². The Hall–Kier alpha value is -3.19. The fourth-order valence-electron chi connectivity index (χ4n) is 2.25. The lowest BCUT2D eigenvalue weighted by atomic mass is 10.1. The number of esters is 1. The molecule has 6 nitrogen and oxygen atoms in total. The summed E-state index contributed by atoms with van der Waals surface area (Å²) in [5.41, 5.74) is 1.93. The lowest BCUT2D eigenvalue weighted by molar-refractivity contribution is -0.132. The molecule has 26 heavy (non-hydrogen) atoms. The van der Waals surface area contributed by atoms with Crippen LogP contribution in [-0.4, -0.2) is 35.7 Å². The molecule has 0 atom stereocenters. The van der Waals surface area contributed by atoms with E-state index in [1.165, 1.54) is 24.5 Å². The normalized spacial score (nSPS) is 11.3. The van der Waals surface area contributed by atoms with Gasteiger partial charge in [0, 0.05) is 0 Å². The standard InChI is InChI=1S/C19H15NO5S/c1-24-18(23)13-8-6-12(7-9-13)10-14(17(21)22)11-25-19-20-15-4-2-3-5-16(15)26-19/h2-10H,11H2,1H3,(H,21,22). The maximum atomic E-state index is 11.5. The predicted molar refractivity (Wildman–Crippen MR) is 98.5 cm³/mol. The minimum absolute atomic E-state index is 0.0788. The Kier molecular flexibility index (Phi) is 5.28. The minimum atomic E-state index is -1.08. The Morgan fingerprint density at radius 2 is 1.88 bits per heavy atom. The van der Waals surface area contributed by atoms with E-state index in [9.17, 15) is 14.7 Å². The number of aliphatic carboxylic acids is 1. The first-order valence-electron chi connectivity index (χ1n) is 7.67. The quantitative estimate of drug-likeness (QED) is 0.527. The number of hydrogen-bond acceptors (Lipinski definition) is 6. The van der Waals surface area contributed by atoms with E-state index >= 15 is 0 Å². The molecule has 0 spiro atoms. The molecule has 2 aromatic carbocycles. The van der Waals surface area contributed by atoms with E-state index in [2.05, 4.69) is 9.72 Å². The number of carboxylic acid groups (broad SMARTS) is 1. The monoisotopic (exact) mass is 369 g/mol. The zero-order valence-corrected chi connectivity index (χ0v) is 14.7. The van der Waals surface area contributed by atoms with Gasteiger partial charge in [-0.2, -0.15) is 0 Å². The zero-order chi connectivity index (χ0) is 18.5. The third kappa shape index (κ3) is 4.07. The van der Waals surface area contributed by atoms with Gasteiger partial charge in [-0.3, -0.25) is 0 Å². The molecule has 0 unspecified atom stereocenters. The highest BCUT2D eigenvalue weighted by Gasteiger charge is 2.12. The van der Waals surface area contributed by atoms with E-state index in [4.69, 9.17) is 4.74 Å². The summed E-state index contributed by atoms with van der Waals surface area (Å²) in [6, 6.07) is 14.0. The van der Waals surface area contributed by atoms with E-state index in [0.717, 1.165) is 10.2 Å². The summed E-state index contributed by atoms with van der Waals surface area (Å²) >= 11 is 1.36. The molecule has 7 heteroatoms. The summed E-state index contributed by atoms with van der Waals surface area (Å²) in [5, 5.41) is 9.81. The van der Waals surface area contributed by atoms with E-state index in [-0.39, 0.29) is 12.2 Å². The molecule has 1 aromatic heterocycles. The number of aromatic nitrogens is 1. The van der Waals surface area contributed by atoms with Crippen LogP contribution in [0.15, 0.2) is 54.1 Å². The summed E-state index contributed by atoms with van der Waals surface area (Å²) in [6.07, 6.45) is 1.50. The van der Waals surface area contributed by atoms with Gasteiger partial charge < -0.3 is 14.6 Å². The first-order chi connectivity index (χ1) is 12.6. The number of fused-ring (bicyclic) bond motifs is 1. The predicted octanol–water partition coefficient (Wildman–Crippen LogP) is 3.63. The number of thiazole rings is 1. The number of carboxylic acids is 1. The molecule has 3 aromatic rings. The molecule has 132 valence electrons. The fourth-order valence-corrected chi connectivity index (χ4v) is 3.07. The van der Waals surface area contributed by atoms with Gasteiger partial charge >= 0.3 is 11.9 Å². The second-order valence-electron chi connectivity index (χ2n) is 5.32. The van der Waals surface area contributed by atoms with Gasteiger partial charge in [-0.1, -0.05) is 35.6 Å². The van der Waals surface area contributed by atoms with Crippen LogP contribution in [0.1, 0.15) is 15.9 Å². The minimum Gasteiger partial charge on any atom is -0.478 e. The molecule has 0 radical (unpaired) electrons. The molecule has 0 fully saturated rings. The van der Waals surface area contributed by atoms with Crippen molar-refractivity contribution in [3.05, 3.63) is 65.2 Å². The molecule has 0 saturated carbocycles. The SMILES string of the molecule is COC(=O)c1ccc(C=C(COc2nc3ccccc3s2)C(=O)O)cc1. The van der Waals surface area contributed by atoms with Gasteiger partial charge in [-0.25, -0.2) is 14.6 Å². The highest BCUT2D eigenvalue weighted by Crippen LogP contribution is 2.27. The second kappa shape index (κ2) is 7.79. The first-order valence-corrected chi connectivity index (χ1v) is 8.49. The fraction of sp³-hybridized carbons (Fsp3) is 0.105. The molecular formula is C19H15NO5S. The van der Waals surface area contributed by atoms with Crippen molar-refractivity contribution < 1.29 is 24.2 Å². The van der Waals surface area contributed by atoms with Gasteiger partial charge in [-0.15, -0.1) is 0 Å². The molecule has 0 aliphatic carbocycles. The molecule has 0 aliphatic heterocycles. The average Bonchev–Trinajstić information content (AvgIpc) is 3.07. The second-order valence-corrected chi connectivity index (χ2v) is 6.32. The number of nitrogens with zero attached hydrogens (tertiary/aromatic N) is 1. The topological polar surface area (TPSA) is 85.7 Å². The van der Waals surface area contributed by atoms with Crippen LogP contribution in [0.5, 0.6) is 5.19 Å². The van der Waals surface area contributed by atoms with Crippen molar-refractivity contribution in [2.24, 2.45) is 0 Å². The van der Waals surface area contributed by atoms with Crippen LogP contribution in [-0.2, 0) is 9.53 Å². The van der Waals surface area contributed by atoms with Gasteiger partial charge in [0.25, 0.3) is 5.19 Å². The Morgan fingerprint density at radius 1 is 1.15 bits per heavy atom. The lowest BCUT2D eigenvalue weighted by Crippen LogP contribution is -2.10. The van der Waals surface area contributed by atoms with Gasteiger partial charge in [0.05, 0.1) is 28.5 Å². The maximum Gasteiger partial charge on any atom is 0.337 e. The number of methoxy groups -OCH3 is 1. The van der Waals surface area contributed by atoms with Crippen molar-refractivity contribution in [2.75, 3.05) is 13.7 Å². The Bertz CT molecular complexity index is 942.